The number of aryl methyl sites for hydroxylation is 1. The minimum Gasteiger partial charge on any atom is -0.337 e. The molecule has 206 valence electrons. The summed E-state index contributed by atoms with van der Waals surface area (Å²) in [5.41, 5.74) is 1.83. The van der Waals surface area contributed by atoms with E-state index in [0.29, 0.717) is 24.5 Å². The van der Waals surface area contributed by atoms with Gasteiger partial charge >= 0.3 is 18.2 Å². The van der Waals surface area contributed by atoms with Gasteiger partial charge in [0.05, 0.1) is 40.3 Å². The van der Waals surface area contributed by atoms with E-state index in [1.54, 1.807) is 74.0 Å². The highest BCUT2D eigenvalue weighted by molar-refractivity contribution is 6.28. The predicted octanol–water partition coefficient (Wildman–Crippen LogP) is 6.45. The minimum atomic E-state index is -4.63. The van der Waals surface area contributed by atoms with Crippen molar-refractivity contribution in [1.29, 1.82) is 0 Å². The number of imide groups is 1. The number of benzene rings is 3. The van der Waals surface area contributed by atoms with Gasteiger partial charge in [-0.2, -0.15) is 13.2 Å². The van der Waals surface area contributed by atoms with Gasteiger partial charge in [-0.15, -0.1) is 0 Å². The van der Waals surface area contributed by atoms with Gasteiger partial charge < -0.3 is 9.88 Å². The van der Waals surface area contributed by atoms with Crippen molar-refractivity contribution >= 4 is 34.8 Å². The predicted molar refractivity (Wildman–Crippen MR) is 147 cm³/mol. The SMILES string of the molecule is CCN1C(=O)N(c2ccc(CNCc3cncn3C)cc2)C(=O)N(c2ccccc2)c2cc(C(F)(F)F)ccc21. The van der Waals surface area contributed by atoms with Crippen LogP contribution in [-0.2, 0) is 26.3 Å². The van der Waals surface area contributed by atoms with Gasteiger partial charge in [-0.05, 0) is 55.0 Å². The molecule has 0 atom stereocenters. The molecule has 1 N–H and O–H groups in total. The largest absolute Gasteiger partial charge is 0.416 e. The van der Waals surface area contributed by atoms with Crippen LogP contribution < -0.4 is 20.0 Å². The molecule has 8 nitrogen and oxygen atoms in total. The van der Waals surface area contributed by atoms with Crippen molar-refractivity contribution < 1.29 is 22.8 Å². The average Bonchev–Trinajstić information content (AvgIpc) is 3.31. The van der Waals surface area contributed by atoms with Crippen molar-refractivity contribution in [3.05, 3.63) is 102 Å². The molecule has 0 radical (unpaired) electrons. The van der Waals surface area contributed by atoms with Crippen molar-refractivity contribution in [2.24, 2.45) is 7.05 Å². The third kappa shape index (κ3) is 5.15. The molecule has 11 heteroatoms. The number of hydrogen-bond acceptors (Lipinski definition) is 4. The highest BCUT2D eigenvalue weighted by atomic mass is 19.4. The summed E-state index contributed by atoms with van der Waals surface area (Å²) in [6.07, 6.45) is -1.13. The Morgan fingerprint density at radius 1 is 0.825 bits per heavy atom. The van der Waals surface area contributed by atoms with E-state index < -0.39 is 23.8 Å². The summed E-state index contributed by atoms with van der Waals surface area (Å²) in [6.45, 7) is 2.99. The first-order chi connectivity index (χ1) is 19.2. The monoisotopic (exact) mass is 548 g/mol. The molecule has 1 aliphatic rings. The molecule has 0 unspecified atom stereocenters. The van der Waals surface area contributed by atoms with E-state index in [-0.39, 0.29) is 17.9 Å². The Morgan fingerprint density at radius 3 is 2.15 bits per heavy atom. The number of imidazole rings is 1. The number of rotatable bonds is 7. The van der Waals surface area contributed by atoms with Crippen LogP contribution in [-0.4, -0.2) is 28.2 Å². The number of halogens is 3. The number of urea groups is 2. The molecular formula is C29H27F3N6O2. The van der Waals surface area contributed by atoms with Gasteiger partial charge in [0, 0.05) is 32.9 Å². The van der Waals surface area contributed by atoms with Gasteiger partial charge in [-0.3, -0.25) is 9.80 Å². The van der Waals surface area contributed by atoms with E-state index in [0.717, 1.165) is 33.2 Å². The van der Waals surface area contributed by atoms with Gasteiger partial charge in [0.25, 0.3) is 0 Å². The molecule has 0 saturated heterocycles. The second kappa shape index (κ2) is 10.9. The maximum absolute atomic E-state index is 14.1. The van der Waals surface area contributed by atoms with Crippen LogP contribution in [0.25, 0.3) is 0 Å². The zero-order valence-corrected chi connectivity index (χ0v) is 21.9. The molecule has 3 aromatic carbocycles. The van der Waals surface area contributed by atoms with E-state index >= 15 is 0 Å². The smallest absolute Gasteiger partial charge is 0.337 e. The number of nitrogens with one attached hydrogen (secondary N) is 1. The van der Waals surface area contributed by atoms with Crippen LogP contribution in [0.3, 0.4) is 0 Å². The molecule has 0 bridgehead atoms. The topological polar surface area (TPSA) is 73.7 Å². The van der Waals surface area contributed by atoms with Gasteiger partial charge in [0.1, 0.15) is 0 Å². The highest BCUT2D eigenvalue weighted by Crippen LogP contribution is 2.43. The van der Waals surface area contributed by atoms with Gasteiger partial charge in [-0.1, -0.05) is 30.3 Å². The molecule has 0 fully saturated rings. The summed E-state index contributed by atoms with van der Waals surface area (Å²) in [5.74, 6) is 0. The molecule has 1 aliphatic heterocycles. The first kappa shape index (κ1) is 26.9. The molecule has 4 aromatic rings. The number of amides is 4. The molecule has 5 rings (SSSR count). The first-order valence-electron chi connectivity index (χ1n) is 12.7. The van der Waals surface area contributed by atoms with Crippen LogP contribution in [0.2, 0.25) is 0 Å². The molecule has 40 heavy (non-hydrogen) atoms. The zero-order chi connectivity index (χ0) is 28.4. The van der Waals surface area contributed by atoms with E-state index in [1.807, 2.05) is 11.6 Å². The van der Waals surface area contributed by atoms with E-state index in [2.05, 4.69) is 10.3 Å². The highest BCUT2D eigenvalue weighted by Gasteiger charge is 2.41. The number of carbonyl (C=O) groups excluding carboxylic acids is 2. The lowest BCUT2D eigenvalue weighted by Gasteiger charge is -2.27. The molecular weight excluding hydrogens is 521 g/mol. The summed E-state index contributed by atoms with van der Waals surface area (Å²) < 4.78 is 43.0. The van der Waals surface area contributed by atoms with Crippen LogP contribution >= 0.6 is 0 Å². The number of aromatic nitrogens is 2. The van der Waals surface area contributed by atoms with Crippen LogP contribution in [0.5, 0.6) is 0 Å². The van der Waals surface area contributed by atoms with Crippen molar-refractivity contribution in [2.75, 3.05) is 21.2 Å². The van der Waals surface area contributed by atoms with E-state index in [1.165, 1.54) is 11.0 Å². The average molecular weight is 549 g/mol. The number of carbonyl (C=O) groups is 2. The summed E-state index contributed by atoms with van der Waals surface area (Å²) in [6, 6.07) is 16.9. The number of anilines is 4. The Hall–Kier alpha value is -4.64. The Morgan fingerprint density at radius 2 is 1.52 bits per heavy atom. The van der Waals surface area contributed by atoms with Crippen molar-refractivity contribution in [3.8, 4) is 0 Å². The molecule has 0 spiro atoms. The van der Waals surface area contributed by atoms with Gasteiger partial charge in [0.15, 0.2) is 0 Å². The lowest BCUT2D eigenvalue weighted by atomic mass is 10.1. The third-order valence-corrected chi connectivity index (χ3v) is 6.72. The summed E-state index contributed by atoms with van der Waals surface area (Å²) in [4.78, 5) is 35.4. The number of alkyl halides is 3. The molecule has 1 aromatic heterocycles. The van der Waals surface area contributed by atoms with Crippen molar-refractivity contribution in [3.63, 3.8) is 0 Å². The number of fused-ring (bicyclic) bond motifs is 1. The number of nitrogens with zero attached hydrogens (tertiary/aromatic N) is 5. The van der Waals surface area contributed by atoms with Gasteiger partial charge in [0.2, 0.25) is 0 Å². The van der Waals surface area contributed by atoms with Crippen molar-refractivity contribution in [1.82, 2.24) is 14.9 Å². The fourth-order valence-electron chi connectivity index (χ4n) is 4.62. The van der Waals surface area contributed by atoms with Crippen LogP contribution in [0.4, 0.5) is 45.5 Å². The zero-order valence-electron chi connectivity index (χ0n) is 21.9. The molecule has 4 amide bonds. The quantitative estimate of drug-likeness (QED) is 0.288. The maximum atomic E-state index is 14.1. The summed E-state index contributed by atoms with van der Waals surface area (Å²) in [7, 11) is 1.91. The first-order valence-corrected chi connectivity index (χ1v) is 12.7. The second-order valence-electron chi connectivity index (χ2n) is 9.28. The Kier molecular flexibility index (Phi) is 7.31. The van der Waals surface area contributed by atoms with Crippen LogP contribution in [0, 0.1) is 0 Å². The molecule has 0 aliphatic carbocycles. The summed E-state index contributed by atoms with van der Waals surface area (Å²) >= 11 is 0. The lowest BCUT2D eigenvalue weighted by molar-refractivity contribution is -0.137. The number of hydrogen-bond donors (Lipinski definition) is 1. The standard InChI is InChI=1S/C29H27F3N6O2/c1-3-36-25-14-11-21(29(30,31)32)15-26(25)37(22-7-5-4-6-8-22)28(40)38(27(36)39)23-12-9-20(10-13-23)16-33-17-24-18-34-19-35(24)2/h4-15,18-19,33H,3,16-17H2,1-2H3. The second-order valence-corrected chi connectivity index (χ2v) is 9.28. The van der Waals surface area contributed by atoms with Crippen LogP contribution in [0.15, 0.2) is 85.3 Å². The fourth-order valence-corrected chi connectivity index (χ4v) is 4.62. The molecule has 2 heterocycles. The fraction of sp³-hybridized carbons (Fsp3) is 0.207. The summed E-state index contributed by atoms with van der Waals surface area (Å²) in [5, 5.41) is 3.33. The molecule has 0 saturated carbocycles. The van der Waals surface area contributed by atoms with Crippen LogP contribution in [0.1, 0.15) is 23.7 Å². The third-order valence-electron chi connectivity index (χ3n) is 6.72. The van der Waals surface area contributed by atoms with E-state index in [4.69, 9.17) is 0 Å². The Labute approximate surface area is 229 Å². The van der Waals surface area contributed by atoms with E-state index in [9.17, 15) is 22.8 Å². The van der Waals surface area contributed by atoms with Crippen molar-refractivity contribution in [2.45, 2.75) is 26.2 Å². The number of para-hydroxylation sites is 1. The van der Waals surface area contributed by atoms with Gasteiger partial charge in [-0.25, -0.2) is 19.5 Å². The maximum Gasteiger partial charge on any atom is 0.416 e. The normalized spacial score (nSPS) is 14.0. The minimum absolute atomic E-state index is 0.0280. The lowest BCUT2D eigenvalue weighted by Crippen LogP contribution is -2.48. The Bertz CT molecular complexity index is 1520. The Balaban J connectivity index is 1.51.